The van der Waals surface area contributed by atoms with E-state index >= 15 is 0 Å². The zero-order valence-electron chi connectivity index (χ0n) is 13.0. The molecule has 2 N–H and O–H groups in total. The van der Waals surface area contributed by atoms with Crippen molar-refractivity contribution in [2.45, 2.75) is 52.9 Å². The first-order valence-corrected chi connectivity index (χ1v) is 7.74. The number of carbonyl (C=O) groups is 1. The van der Waals surface area contributed by atoms with Gasteiger partial charge in [0.2, 0.25) is 0 Å². The molecule has 1 rings (SSSR count). The van der Waals surface area contributed by atoms with Gasteiger partial charge in [0.1, 0.15) is 5.82 Å². The van der Waals surface area contributed by atoms with Gasteiger partial charge >= 0.3 is 0 Å². The first-order chi connectivity index (χ1) is 9.71. The van der Waals surface area contributed by atoms with Crippen LogP contribution in [0.3, 0.4) is 0 Å². The Balaban J connectivity index is 2.72. The van der Waals surface area contributed by atoms with E-state index in [9.17, 15) is 4.79 Å². The molecule has 4 nitrogen and oxygen atoms in total. The van der Waals surface area contributed by atoms with Crippen molar-refractivity contribution in [1.29, 1.82) is 0 Å². The molecule has 1 aromatic rings. The van der Waals surface area contributed by atoms with Crippen LogP contribution in [0.4, 0.5) is 5.82 Å². The highest BCUT2D eigenvalue weighted by molar-refractivity contribution is 5.95. The van der Waals surface area contributed by atoms with Gasteiger partial charge in [0.05, 0.1) is 0 Å². The summed E-state index contributed by atoms with van der Waals surface area (Å²) in [4.78, 5) is 16.7. The van der Waals surface area contributed by atoms with E-state index in [1.165, 1.54) is 0 Å². The third kappa shape index (κ3) is 5.59. The van der Waals surface area contributed by atoms with Crippen LogP contribution < -0.4 is 10.6 Å². The molecular weight excluding hydrogens is 250 g/mol. The Hall–Kier alpha value is -1.58. The van der Waals surface area contributed by atoms with Crippen LogP contribution in [-0.2, 0) is 6.42 Å². The highest BCUT2D eigenvalue weighted by Gasteiger charge is 2.09. The molecule has 112 valence electrons. The van der Waals surface area contributed by atoms with E-state index in [2.05, 4.69) is 29.5 Å². The summed E-state index contributed by atoms with van der Waals surface area (Å²) in [6, 6.07) is 3.73. The molecule has 0 radical (unpaired) electrons. The van der Waals surface area contributed by atoms with Gasteiger partial charge in [0.25, 0.3) is 5.91 Å². The molecule has 0 bridgehead atoms. The second kappa shape index (κ2) is 9.34. The molecule has 0 unspecified atom stereocenters. The summed E-state index contributed by atoms with van der Waals surface area (Å²) < 4.78 is 0. The number of unbranched alkanes of at least 4 members (excludes halogenated alkanes) is 2. The monoisotopic (exact) mass is 277 g/mol. The Morgan fingerprint density at radius 2 is 1.95 bits per heavy atom. The molecule has 1 amide bonds. The summed E-state index contributed by atoms with van der Waals surface area (Å²) in [6.07, 6.45) is 5.28. The normalized spacial score (nSPS) is 10.3. The minimum Gasteiger partial charge on any atom is -0.370 e. The molecule has 20 heavy (non-hydrogen) atoms. The van der Waals surface area contributed by atoms with E-state index in [4.69, 9.17) is 0 Å². The lowest BCUT2D eigenvalue weighted by atomic mass is 10.1. The average molecular weight is 277 g/mol. The van der Waals surface area contributed by atoms with Crippen molar-refractivity contribution < 1.29 is 4.79 Å². The maximum atomic E-state index is 12.2. The molecule has 0 saturated heterocycles. The van der Waals surface area contributed by atoms with Crippen LogP contribution in [0.1, 0.15) is 62.5 Å². The van der Waals surface area contributed by atoms with Crippen LogP contribution in [0.25, 0.3) is 0 Å². The number of pyridine rings is 1. The highest BCUT2D eigenvalue weighted by Crippen LogP contribution is 2.12. The van der Waals surface area contributed by atoms with Crippen LogP contribution >= 0.6 is 0 Å². The van der Waals surface area contributed by atoms with E-state index in [0.29, 0.717) is 5.56 Å². The van der Waals surface area contributed by atoms with Crippen molar-refractivity contribution in [3.8, 4) is 0 Å². The highest BCUT2D eigenvalue weighted by atomic mass is 16.1. The topological polar surface area (TPSA) is 54.0 Å². The van der Waals surface area contributed by atoms with Gasteiger partial charge in [-0.3, -0.25) is 4.79 Å². The first kappa shape index (κ1) is 16.5. The van der Waals surface area contributed by atoms with Gasteiger partial charge in [-0.25, -0.2) is 4.98 Å². The van der Waals surface area contributed by atoms with Crippen molar-refractivity contribution >= 4 is 11.7 Å². The Morgan fingerprint density at radius 1 is 1.15 bits per heavy atom. The lowest BCUT2D eigenvalue weighted by Crippen LogP contribution is -2.25. The number of rotatable bonds is 9. The van der Waals surface area contributed by atoms with Crippen molar-refractivity contribution in [1.82, 2.24) is 10.3 Å². The zero-order valence-corrected chi connectivity index (χ0v) is 13.0. The molecular formula is C16H27N3O. The van der Waals surface area contributed by atoms with Crippen molar-refractivity contribution in [3.05, 3.63) is 23.4 Å². The van der Waals surface area contributed by atoms with E-state index in [-0.39, 0.29) is 5.91 Å². The fourth-order valence-corrected chi connectivity index (χ4v) is 2.05. The molecule has 0 aromatic carbocycles. The Kier molecular flexibility index (Phi) is 7.70. The summed E-state index contributed by atoms with van der Waals surface area (Å²) >= 11 is 0. The van der Waals surface area contributed by atoms with Gasteiger partial charge in [0, 0.05) is 24.3 Å². The molecule has 1 aromatic heterocycles. The van der Waals surface area contributed by atoms with Crippen molar-refractivity contribution in [2.75, 3.05) is 18.4 Å². The number of nitrogens with zero attached hydrogens (tertiary/aromatic N) is 1. The van der Waals surface area contributed by atoms with Crippen LogP contribution in [0.15, 0.2) is 12.1 Å². The van der Waals surface area contributed by atoms with Gasteiger partial charge in [-0.1, -0.05) is 33.1 Å². The van der Waals surface area contributed by atoms with Gasteiger partial charge in [-0.15, -0.1) is 0 Å². The van der Waals surface area contributed by atoms with Crippen LogP contribution in [0.2, 0.25) is 0 Å². The van der Waals surface area contributed by atoms with E-state index in [1.54, 1.807) is 0 Å². The summed E-state index contributed by atoms with van der Waals surface area (Å²) in [5.74, 6) is 0.789. The number of hydrogen-bond acceptors (Lipinski definition) is 3. The quantitative estimate of drug-likeness (QED) is 0.680. The molecule has 0 spiro atoms. The summed E-state index contributed by atoms with van der Waals surface area (Å²) in [5.41, 5.74) is 1.68. The second-order valence-corrected chi connectivity index (χ2v) is 4.98. The van der Waals surface area contributed by atoms with Crippen LogP contribution in [0, 0.1) is 0 Å². The molecule has 0 aliphatic heterocycles. The SMILES string of the molecule is CCCCCNC(=O)c1cc(CCC)nc(NCC)c1. The third-order valence-electron chi connectivity index (χ3n) is 3.07. The van der Waals surface area contributed by atoms with Gasteiger partial charge in [-0.05, 0) is 31.9 Å². The Bertz CT molecular complexity index is 394. The fraction of sp³-hybridized carbons (Fsp3) is 0.625. The standard InChI is InChI=1S/C16H27N3O/c1-4-7-8-10-18-16(20)13-11-14(9-5-2)19-15(12-13)17-6-3/h11-12H,4-10H2,1-3H3,(H,17,19)(H,18,20). The van der Waals surface area contributed by atoms with Crippen molar-refractivity contribution in [3.63, 3.8) is 0 Å². The number of anilines is 1. The van der Waals surface area contributed by atoms with E-state index in [1.807, 2.05) is 19.1 Å². The number of amides is 1. The maximum Gasteiger partial charge on any atom is 0.251 e. The number of nitrogens with one attached hydrogen (secondary N) is 2. The Morgan fingerprint density at radius 3 is 2.60 bits per heavy atom. The van der Waals surface area contributed by atoms with Gasteiger partial charge < -0.3 is 10.6 Å². The molecule has 0 saturated carbocycles. The maximum absolute atomic E-state index is 12.2. The predicted molar refractivity (Wildman–Crippen MR) is 84.3 cm³/mol. The molecule has 0 fully saturated rings. The minimum absolute atomic E-state index is 0.00000850. The van der Waals surface area contributed by atoms with Crippen LogP contribution in [0.5, 0.6) is 0 Å². The molecule has 4 heteroatoms. The van der Waals surface area contributed by atoms with E-state index < -0.39 is 0 Å². The number of aromatic nitrogens is 1. The molecule has 0 aliphatic rings. The molecule has 0 atom stereocenters. The largest absolute Gasteiger partial charge is 0.370 e. The third-order valence-corrected chi connectivity index (χ3v) is 3.07. The van der Waals surface area contributed by atoms with Gasteiger partial charge in [0.15, 0.2) is 0 Å². The Labute approximate surface area is 122 Å². The average Bonchev–Trinajstić information content (AvgIpc) is 2.44. The lowest BCUT2D eigenvalue weighted by molar-refractivity contribution is 0.0953. The first-order valence-electron chi connectivity index (χ1n) is 7.74. The summed E-state index contributed by atoms with van der Waals surface area (Å²) in [7, 11) is 0. The molecule has 0 aliphatic carbocycles. The van der Waals surface area contributed by atoms with Gasteiger partial charge in [-0.2, -0.15) is 0 Å². The molecule has 1 heterocycles. The minimum atomic E-state index is 0.00000850. The summed E-state index contributed by atoms with van der Waals surface area (Å²) in [5, 5.41) is 6.16. The number of hydrogen-bond donors (Lipinski definition) is 2. The van der Waals surface area contributed by atoms with E-state index in [0.717, 1.165) is 56.7 Å². The van der Waals surface area contributed by atoms with Crippen LogP contribution in [-0.4, -0.2) is 24.0 Å². The van der Waals surface area contributed by atoms with Crippen molar-refractivity contribution in [2.24, 2.45) is 0 Å². The number of carbonyl (C=O) groups excluding carboxylic acids is 1. The smallest absolute Gasteiger partial charge is 0.251 e. The zero-order chi connectivity index (χ0) is 14.8. The predicted octanol–water partition coefficient (Wildman–Crippen LogP) is 3.39. The second-order valence-electron chi connectivity index (χ2n) is 4.98. The number of aryl methyl sites for hydroxylation is 1. The fourth-order valence-electron chi connectivity index (χ4n) is 2.05. The lowest BCUT2D eigenvalue weighted by Gasteiger charge is -2.10. The summed E-state index contributed by atoms with van der Waals surface area (Å²) in [6.45, 7) is 7.85.